The summed E-state index contributed by atoms with van der Waals surface area (Å²) >= 11 is 17.5. The largest absolute Gasteiger partial charge is 0.507 e. The van der Waals surface area contributed by atoms with Gasteiger partial charge in [0.2, 0.25) is 0 Å². The molecule has 0 fully saturated rings. The summed E-state index contributed by atoms with van der Waals surface area (Å²) in [5.41, 5.74) is 1.24. The monoisotopic (exact) mass is 456 g/mol. The second kappa shape index (κ2) is 8.36. The molecule has 0 saturated heterocycles. The van der Waals surface area contributed by atoms with Crippen molar-refractivity contribution in [1.82, 2.24) is 5.32 Å². The Bertz CT molecular complexity index is 1290. The fraction of sp³-hybridized carbons (Fsp3) is 0. The van der Waals surface area contributed by atoms with Crippen LogP contribution in [0, 0.1) is 0 Å². The van der Waals surface area contributed by atoms with Crippen LogP contribution in [0.15, 0.2) is 71.1 Å². The summed E-state index contributed by atoms with van der Waals surface area (Å²) in [5, 5.41) is 18.0. The van der Waals surface area contributed by atoms with Crippen LogP contribution < -0.4 is 10.6 Å². The Balaban J connectivity index is 1.50. The minimum atomic E-state index is -0.514. The summed E-state index contributed by atoms with van der Waals surface area (Å²) in [5.74, 6) is 0.130. The van der Waals surface area contributed by atoms with E-state index in [0.29, 0.717) is 32.4 Å². The molecule has 4 aromatic rings. The van der Waals surface area contributed by atoms with Crippen LogP contribution in [-0.4, -0.2) is 16.1 Å². The van der Waals surface area contributed by atoms with E-state index in [1.54, 1.807) is 54.6 Å². The molecule has 30 heavy (non-hydrogen) atoms. The van der Waals surface area contributed by atoms with Crippen LogP contribution in [0.5, 0.6) is 5.75 Å². The quantitative estimate of drug-likeness (QED) is 0.318. The zero-order chi connectivity index (χ0) is 21.3. The topological polar surface area (TPSA) is 74.5 Å². The standard InChI is InChI=1S/C22H14Cl2N2O3S/c23-12-7-8-16(24)15(11-12)19-9-10-20(29-19)21(28)26-22(30)25-17-5-1-4-14-13(17)3-2-6-18(14)27/h1-11,27H,(H2,25,26,28,30). The number of nitrogens with one attached hydrogen (secondary N) is 2. The molecule has 1 amide bonds. The maximum absolute atomic E-state index is 12.5. The van der Waals surface area contributed by atoms with E-state index in [9.17, 15) is 9.90 Å². The van der Waals surface area contributed by atoms with E-state index in [4.69, 9.17) is 39.8 Å². The third kappa shape index (κ3) is 4.11. The molecule has 0 bridgehead atoms. The molecule has 0 radical (unpaired) electrons. The van der Waals surface area contributed by atoms with Gasteiger partial charge in [-0.15, -0.1) is 0 Å². The number of hydrogen-bond donors (Lipinski definition) is 3. The SMILES string of the molecule is O=C(NC(=S)Nc1cccc2c(O)cccc12)c1ccc(-c2cc(Cl)ccc2Cl)o1. The first-order valence-corrected chi connectivity index (χ1v) is 9.97. The number of rotatable bonds is 3. The fourth-order valence-electron chi connectivity index (χ4n) is 3.01. The van der Waals surface area contributed by atoms with Crippen LogP contribution >= 0.6 is 35.4 Å². The molecule has 5 nitrogen and oxygen atoms in total. The number of benzene rings is 3. The third-order valence-electron chi connectivity index (χ3n) is 4.40. The molecule has 8 heteroatoms. The third-order valence-corrected chi connectivity index (χ3v) is 5.17. The van der Waals surface area contributed by atoms with Crippen molar-refractivity contribution < 1.29 is 14.3 Å². The van der Waals surface area contributed by atoms with E-state index in [1.165, 1.54) is 6.07 Å². The molecule has 1 heterocycles. The maximum Gasteiger partial charge on any atom is 0.293 e. The normalized spacial score (nSPS) is 10.7. The molecule has 3 N–H and O–H groups in total. The minimum absolute atomic E-state index is 0.0701. The summed E-state index contributed by atoms with van der Waals surface area (Å²) < 4.78 is 5.63. The van der Waals surface area contributed by atoms with Gasteiger partial charge in [0.1, 0.15) is 11.5 Å². The Kier molecular flexibility index (Phi) is 5.63. The van der Waals surface area contributed by atoms with Gasteiger partial charge in [0.05, 0.1) is 5.02 Å². The molecule has 0 aliphatic heterocycles. The molecular weight excluding hydrogens is 443 g/mol. The molecule has 0 saturated carbocycles. The molecule has 1 aromatic heterocycles. The van der Waals surface area contributed by atoms with Gasteiger partial charge in [-0.2, -0.15) is 0 Å². The number of furan rings is 1. The van der Waals surface area contributed by atoms with Crippen molar-refractivity contribution in [3.63, 3.8) is 0 Å². The van der Waals surface area contributed by atoms with E-state index in [0.717, 1.165) is 5.39 Å². The van der Waals surface area contributed by atoms with Gasteiger partial charge < -0.3 is 14.8 Å². The van der Waals surface area contributed by atoms with Crippen molar-refractivity contribution in [2.24, 2.45) is 0 Å². The van der Waals surface area contributed by atoms with Crippen molar-refractivity contribution in [3.8, 4) is 17.1 Å². The average molecular weight is 457 g/mol. The number of fused-ring (bicyclic) bond motifs is 1. The van der Waals surface area contributed by atoms with Crippen molar-refractivity contribution in [3.05, 3.63) is 82.5 Å². The highest BCUT2D eigenvalue weighted by Gasteiger charge is 2.16. The van der Waals surface area contributed by atoms with Crippen LogP contribution in [0.2, 0.25) is 10.0 Å². The predicted octanol–water partition coefficient (Wildman–Crippen LogP) is 6.24. The Morgan fingerprint density at radius 1 is 0.967 bits per heavy atom. The van der Waals surface area contributed by atoms with Crippen molar-refractivity contribution in [2.75, 3.05) is 5.32 Å². The predicted molar refractivity (Wildman–Crippen MR) is 123 cm³/mol. The Morgan fingerprint density at radius 3 is 2.57 bits per heavy atom. The smallest absolute Gasteiger partial charge is 0.293 e. The van der Waals surface area contributed by atoms with E-state index < -0.39 is 5.91 Å². The van der Waals surface area contributed by atoms with Crippen LogP contribution in [0.25, 0.3) is 22.1 Å². The van der Waals surface area contributed by atoms with Gasteiger partial charge in [0.15, 0.2) is 10.9 Å². The Hall–Kier alpha value is -3.06. The number of thiocarbonyl (C=S) groups is 1. The van der Waals surface area contributed by atoms with E-state index in [-0.39, 0.29) is 16.6 Å². The van der Waals surface area contributed by atoms with Gasteiger partial charge in [-0.25, -0.2) is 0 Å². The van der Waals surface area contributed by atoms with Gasteiger partial charge in [-0.3, -0.25) is 10.1 Å². The first kappa shape index (κ1) is 20.2. The van der Waals surface area contributed by atoms with Gasteiger partial charge in [-0.05, 0) is 54.7 Å². The van der Waals surface area contributed by atoms with Crippen molar-refractivity contribution in [1.29, 1.82) is 0 Å². The molecule has 150 valence electrons. The molecule has 0 unspecified atom stereocenters. The summed E-state index contributed by atoms with van der Waals surface area (Å²) in [6.45, 7) is 0. The van der Waals surface area contributed by atoms with Crippen LogP contribution in [-0.2, 0) is 0 Å². The summed E-state index contributed by atoms with van der Waals surface area (Å²) in [7, 11) is 0. The van der Waals surface area contributed by atoms with Crippen LogP contribution in [0.4, 0.5) is 5.69 Å². The molecular formula is C22H14Cl2N2O3S. The number of hydrogen-bond acceptors (Lipinski definition) is 4. The lowest BCUT2D eigenvalue weighted by Crippen LogP contribution is -2.33. The summed E-state index contributed by atoms with van der Waals surface area (Å²) in [6.07, 6.45) is 0. The summed E-state index contributed by atoms with van der Waals surface area (Å²) in [4.78, 5) is 12.5. The molecule has 0 aliphatic carbocycles. The van der Waals surface area contributed by atoms with E-state index in [1.807, 2.05) is 6.07 Å². The number of carbonyl (C=O) groups is 1. The lowest BCUT2D eigenvalue weighted by atomic mass is 10.1. The van der Waals surface area contributed by atoms with Gasteiger partial charge in [0, 0.05) is 27.0 Å². The van der Waals surface area contributed by atoms with Crippen LogP contribution in [0.3, 0.4) is 0 Å². The molecule has 4 rings (SSSR count). The lowest BCUT2D eigenvalue weighted by molar-refractivity contribution is 0.0951. The zero-order valence-electron chi connectivity index (χ0n) is 15.3. The summed E-state index contributed by atoms with van der Waals surface area (Å²) in [6, 6.07) is 18.7. The number of phenolic OH excluding ortho intramolecular Hbond substituents is 1. The number of anilines is 1. The Morgan fingerprint density at radius 2 is 1.73 bits per heavy atom. The van der Waals surface area contributed by atoms with Gasteiger partial charge >= 0.3 is 0 Å². The molecule has 0 aliphatic rings. The lowest BCUT2D eigenvalue weighted by Gasteiger charge is -2.11. The molecule has 0 atom stereocenters. The number of aromatic hydroxyl groups is 1. The first-order chi connectivity index (χ1) is 14.4. The highest BCUT2D eigenvalue weighted by molar-refractivity contribution is 7.80. The minimum Gasteiger partial charge on any atom is -0.507 e. The second-order valence-corrected chi connectivity index (χ2v) is 7.63. The van der Waals surface area contributed by atoms with Gasteiger partial charge in [0.25, 0.3) is 5.91 Å². The first-order valence-electron chi connectivity index (χ1n) is 8.80. The number of amides is 1. The highest BCUT2D eigenvalue weighted by Crippen LogP contribution is 2.32. The van der Waals surface area contributed by atoms with Crippen LogP contribution in [0.1, 0.15) is 10.6 Å². The zero-order valence-corrected chi connectivity index (χ0v) is 17.6. The average Bonchev–Trinajstić information content (AvgIpc) is 3.21. The number of carbonyl (C=O) groups excluding carboxylic acids is 1. The molecule has 0 spiro atoms. The number of phenols is 1. The Labute approximate surface area is 187 Å². The fourth-order valence-corrected chi connectivity index (χ4v) is 3.60. The van der Waals surface area contributed by atoms with Crippen molar-refractivity contribution in [2.45, 2.75) is 0 Å². The maximum atomic E-state index is 12.5. The van der Waals surface area contributed by atoms with Gasteiger partial charge in [-0.1, -0.05) is 47.5 Å². The second-order valence-electron chi connectivity index (χ2n) is 6.37. The molecule has 3 aromatic carbocycles. The van der Waals surface area contributed by atoms with Crippen molar-refractivity contribution >= 4 is 62.9 Å². The van der Waals surface area contributed by atoms with E-state index >= 15 is 0 Å². The van der Waals surface area contributed by atoms with E-state index in [2.05, 4.69) is 10.6 Å². The number of halogens is 2. The highest BCUT2D eigenvalue weighted by atomic mass is 35.5.